The van der Waals surface area contributed by atoms with Crippen molar-refractivity contribution < 1.29 is 9.94 Å². The summed E-state index contributed by atoms with van der Waals surface area (Å²) in [4.78, 5) is 2.53. The number of morpholine rings is 1. The van der Waals surface area contributed by atoms with Gasteiger partial charge in [0.25, 0.3) is 0 Å². The third kappa shape index (κ3) is 2.65. The average Bonchev–Trinajstić information content (AvgIpc) is 2.26. The summed E-state index contributed by atoms with van der Waals surface area (Å²) < 4.78 is 5.41. The minimum absolute atomic E-state index is 0.148. The monoisotopic (exact) mass is 242 g/mol. The summed E-state index contributed by atoms with van der Waals surface area (Å²) in [5.41, 5.74) is -0.296. The van der Waals surface area contributed by atoms with Crippen molar-refractivity contribution in [2.24, 2.45) is 0 Å². The van der Waals surface area contributed by atoms with Crippen LogP contribution in [0.15, 0.2) is 0 Å². The lowest BCUT2D eigenvalue weighted by Crippen LogP contribution is -2.63. The molecule has 2 rings (SSSR count). The molecule has 0 aromatic carbocycles. The Morgan fingerprint density at radius 1 is 1.00 bits per heavy atom. The van der Waals surface area contributed by atoms with Crippen LogP contribution in [-0.2, 0) is 4.74 Å². The highest BCUT2D eigenvalue weighted by atomic mass is 16.5. The quantitative estimate of drug-likeness (QED) is 0.759. The van der Waals surface area contributed by atoms with Crippen molar-refractivity contribution in [1.29, 1.82) is 0 Å². The molecule has 0 bridgehead atoms. The fraction of sp³-hybridized carbons (Fsp3) is 1.00. The summed E-state index contributed by atoms with van der Waals surface area (Å²) in [6.45, 7) is 12.3. The van der Waals surface area contributed by atoms with Gasteiger partial charge in [-0.2, -0.15) is 5.06 Å². The van der Waals surface area contributed by atoms with Gasteiger partial charge >= 0.3 is 0 Å². The fourth-order valence-corrected chi connectivity index (χ4v) is 3.42. The van der Waals surface area contributed by atoms with Crippen LogP contribution in [-0.4, -0.2) is 58.6 Å². The molecule has 2 heterocycles. The zero-order valence-electron chi connectivity index (χ0n) is 11.6. The molecule has 2 fully saturated rings. The van der Waals surface area contributed by atoms with Crippen LogP contribution < -0.4 is 0 Å². The van der Waals surface area contributed by atoms with E-state index >= 15 is 0 Å². The Balaban J connectivity index is 2.09. The number of ether oxygens (including phenoxy) is 1. The summed E-state index contributed by atoms with van der Waals surface area (Å²) in [7, 11) is 0. The van der Waals surface area contributed by atoms with Gasteiger partial charge < -0.3 is 9.94 Å². The second-order valence-corrected chi connectivity index (χ2v) is 6.65. The van der Waals surface area contributed by atoms with E-state index in [1.165, 1.54) is 0 Å². The Kier molecular flexibility index (Phi) is 3.51. The van der Waals surface area contributed by atoms with Crippen LogP contribution in [0.4, 0.5) is 0 Å². The minimum atomic E-state index is -0.148. The Bertz CT molecular complexity index is 255. The van der Waals surface area contributed by atoms with Crippen LogP contribution in [0.25, 0.3) is 0 Å². The minimum Gasteiger partial charge on any atom is -0.379 e. The first kappa shape index (κ1) is 13.3. The summed E-state index contributed by atoms with van der Waals surface area (Å²) in [5.74, 6) is 0. The second kappa shape index (κ2) is 4.50. The molecule has 2 aliphatic rings. The molecule has 0 unspecified atom stereocenters. The van der Waals surface area contributed by atoms with Crippen LogP contribution in [0.3, 0.4) is 0 Å². The molecule has 0 aromatic rings. The van der Waals surface area contributed by atoms with E-state index in [9.17, 15) is 5.21 Å². The van der Waals surface area contributed by atoms with Crippen molar-refractivity contribution in [2.45, 2.75) is 57.7 Å². The molecule has 0 amide bonds. The third-order valence-corrected chi connectivity index (χ3v) is 4.18. The highest BCUT2D eigenvalue weighted by Crippen LogP contribution is 2.38. The van der Waals surface area contributed by atoms with Crippen molar-refractivity contribution in [3.63, 3.8) is 0 Å². The van der Waals surface area contributed by atoms with E-state index in [1.807, 2.05) is 0 Å². The number of piperidine rings is 1. The van der Waals surface area contributed by atoms with Gasteiger partial charge in [-0.1, -0.05) is 0 Å². The average molecular weight is 242 g/mol. The number of nitrogens with zero attached hydrogens (tertiary/aromatic N) is 2. The van der Waals surface area contributed by atoms with Crippen LogP contribution in [0, 0.1) is 0 Å². The molecule has 0 spiro atoms. The van der Waals surface area contributed by atoms with Gasteiger partial charge in [-0.05, 0) is 40.5 Å². The highest BCUT2D eigenvalue weighted by molar-refractivity contribution is 4.99. The molecule has 0 radical (unpaired) electrons. The Morgan fingerprint density at radius 3 is 1.94 bits per heavy atom. The van der Waals surface area contributed by atoms with Crippen molar-refractivity contribution in [1.82, 2.24) is 9.96 Å². The maximum Gasteiger partial charge on any atom is 0.0594 e. The van der Waals surface area contributed by atoms with E-state index in [4.69, 9.17) is 4.74 Å². The number of rotatable bonds is 1. The normalized spacial score (nSPS) is 31.6. The number of hydrogen-bond donors (Lipinski definition) is 1. The fourth-order valence-electron chi connectivity index (χ4n) is 3.42. The molecule has 100 valence electrons. The maximum absolute atomic E-state index is 10.3. The van der Waals surface area contributed by atoms with E-state index in [-0.39, 0.29) is 11.1 Å². The Morgan fingerprint density at radius 2 is 1.47 bits per heavy atom. The Labute approximate surface area is 104 Å². The van der Waals surface area contributed by atoms with Crippen molar-refractivity contribution >= 4 is 0 Å². The van der Waals surface area contributed by atoms with Gasteiger partial charge in [0.15, 0.2) is 0 Å². The molecule has 2 aliphatic heterocycles. The first-order valence-corrected chi connectivity index (χ1v) is 6.64. The highest BCUT2D eigenvalue weighted by Gasteiger charge is 2.46. The van der Waals surface area contributed by atoms with Crippen molar-refractivity contribution in [3.05, 3.63) is 0 Å². The predicted octanol–water partition coefficient (Wildman–Crippen LogP) is 1.73. The largest absolute Gasteiger partial charge is 0.379 e. The topological polar surface area (TPSA) is 35.9 Å². The molecule has 0 saturated carbocycles. The standard InChI is InChI=1S/C13H26N2O2/c1-12(2)9-11(10-13(3,4)15(12)16)14-5-7-17-8-6-14/h11,16H,5-10H2,1-4H3. The molecule has 0 aliphatic carbocycles. The summed E-state index contributed by atoms with van der Waals surface area (Å²) in [6.07, 6.45) is 2.04. The van der Waals surface area contributed by atoms with E-state index < -0.39 is 0 Å². The third-order valence-electron chi connectivity index (χ3n) is 4.18. The molecule has 0 atom stereocenters. The first-order chi connectivity index (χ1) is 7.83. The van der Waals surface area contributed by atoms with Crippen LogP contribution in [0.2, 0.25) is 0 Å². The zero-order chi connectivity index (χ0) is 12.7. The molecule has 17 heavy (non-hydrogen) atoms. The van der Waals surface area contributed by atoms with Crippen molar-refractivity contribution in [2.75, 3.05) is 26.3 Å². The van der Waals surface area contributed by atoms with E-state index in [2.05, 4.69) is 32.6 Å². The smallest absolute Gasteiger partial charge is 0.0594 e. The van der Waals surface area contributed by atoms with Gasteiger partial charge in [-0.25, -0.2) is 0 Å². The number of hydrogen-bond acceptors (Lipinski definition) is 4. The first-order valence-electron chi connectivity index (χ1n) is 6.64. The van der Waals surface area contributed by atoms with Gasteiger partial charge in [0.1, 0.15) is 0 Å². The molecule has 4 heteroatoms. The molecular formula is C13H26N2O2. The lowest BCUT2D eigenvalue weighted by molar-refractivity contribution is -0.253. The maximum atomic E-state index is 10.3. The lowest BCUT2D eigenvalue weighted by atomic mass is 9.78. The second-order valence-electron chi connectivity index (χ2n) is 6.65. The van der Waals surface area contributed by atoms with Crippen LogP contribution in [0.5, 0.6) is 0 Å². The molecular weight excluding hydrogens is 216 g/mol. The van der Waals surface area contributed by atoms with Gasteiger partial charge in [-0.3, -0.25) is 4.90 Å². The van der Waals surface area contributed by atoms with Gasteiger partial charge in [-0.15, -0.1) is 0 Å². The lowest BCUT2D eigenvalue weighted by Gasteiger charge is -2.54. The zero-order valence-corrected chi connectivity index (χ0v) is 11.6. The van der Waals surface area contributed by atoms with Gasteiger partial charge in [0, 0.05) is 30.2 Å². The summed E-state index contributed by atoms with van der Waals surface area (Å²) in [6, 6.07) is 0.562. The van der Waals surface area contributed by atoms with Gasteiger partial charge in [0.2, 0.25) is 0 Å². The van der Waals surface area contributed by atoms with E-state index in [0.717, 1.165) is 39.1 Å². The molecule has 0 aromatic heterocycles. The molecule has 2 saturated heterocycles. The predicted molar refractivity (Wildman–Crippen MR) is 67.2 cm³/mol. The van der Waals surface area contributed by atoms with E-state index in [1.54, 1.807) is 5.06 Å². The summed E-state index contributed by atoms with van der Waals surface area (Å²) in [5, 5.41) is 11.8. The van der Waals surface area contributed by atoms with Crippen LogP contribution in [0.1, 0.15) is 40.5 Å². The van der Waals surface area contributed by atoms with E-state index in [0.29, 0.717) is 6.04 Å². The van der Waals surface area contributed by atoms with Crippen LogP contribution >= 0.6 is 0 Å². The Hall–Kier alpha value is -0.160. The molecule has 4 nitrogen and oxygen atoms in total. The molecule has 1 N–H and O–H groups in total. The van der Waals surface area contributed by atoms with Gasteiger partial charge in [0.05, 0.1) is 13.2 Å². The number of hydroxylamine groups is 2. The SMILES string of the molecule is CC1(C)CC(N2CCOCC2)CC(C)(C)N1O. The van der Waals surface area contributed by atoms with Crippen molar-refractivity contribution in [3.8, 4) is 0 Å². The summed E-state index contributed by atoms with van der Waals surface area (Å²) >= 11 is 0.